The molecule has 8 heteroatoms. The Morgan fingerprint density at radius 3 is 2.70 bits per heavy atom. The molecule has 2 aromatic carbocycles. The smallest absolute Gasteiger partial charge is 0.264 e. The molecule has 1 aromatic heterocycles. The van der Waals surface area contributed by atoms with Crippen molar-refractivity contribution in [3.63, 3.8) is 0 Å². The molecule has 1 amide bonds. The van der Waals surface area contributed by atoms with Crippen LogP contribution < -0.4 is 10.1 Å². The minimum atomic E-state index is -0.320. The standard InChI is InChI=1S/C19H13Cl2N3O2S/c20-13-3-6-15(16(21)9-13)17-11-27-19(23-17)24-18(25)10-26-14-4-1-12(2-5-14)7-8-22/h1-6,9,11H,7,10H2,(H,23,24,25). The molecule has 1 heterocycles. The van der Waals surface area contributed by atoms with E-state index in [4.69, 9.17) is 33.2 Å². The lowest BCUT2D eigenvalue weighted by Gasteiger charge is -2.06. The Kier molecular flexibility index (Phi) is 6.30. The molecule has 0 aliphatic rings. The lowest BCUT2D eigenvalue weighted by Crippen LogP contribution is -2.20. The minimum Gasteiger partial charge on any atom is -0.484 e. The molecule has 0 unspecified atom stereocenters. The van der Waals surface area contributed by atoms with Crippen molar-refractivity contribution in [3.8, 4) is 23.1 Å². The molecular weight excluding hydrogens is 405 g/mol. The zero-order valence-electron chi connectivity index (χ0n) is 13.9. The molecular formula is C19H13Cl2N3O2S. The number of rotatable bonds is 6. The number of anilines is 1. The highest BCUT2D eigenvalue weighted by atomic mass is 35.5. The van der Waals surface area contributed by atoms with Crippen LogP contribution in [-0.4, -0.2) is 17.5 Å². The molecule has 5 nitrogen and oxygen atoms in total. The van der Waals surface area contributed by atoms with E-state index in [0.29, 0.717) is 33.0 Å². The van der Waals surface area contributed by atoms with Gasteiger partial charge in [-0.25, -0.2) is 4.98 Å². The van der Waals surface area contributed by atoms with E-state index in [2.05, 4.69) is 16.4 Å². The highest BCUT2D eigenvalue weighted by molar-refractivity contribution is 7.14. The average molecular weight is 418 g/mol. The SMILES string of the molecule is N#CCc1ccc(OCC(=O)Nc2nc(-c3ccc(Cl)cc3Cl)cs2)cc1. The maximum Gasteiger partial charge on any atom is 0.264 e. The van der Waals surface area contributed by atoms with Gasteiger partial charge < -0.3 is 4.74 Å². The molecule has 0 aliphatic carbocycles. The van der Waals surface area contributed by atoms with Crippen LogP contribution in [0.5, 0.6) is 5.75 Å². The fourth-order valence-electron chi connectivity index (χ4n) is 2.25. The molecule has 0 saturated heterocycles. The van der Waals surface area contributed by atoms with Gasteiger partial charge in [-0.2, -0.15) is 5.26 Å². The molecule has 0 fully saturated rings. The van der Waals surface area contributed by atoms with Crippen LogP contribution in [0.4, 0.5) is 5.13 Å². The number of nitrogens with one attached hydrogen (secondary N) is 1. The maximum atomic E-state index is 12.1. The third-order valence-electron chi connectivity index (χ3n) is 3.53. The van der Waals surface area contributed by atoms with Crippen LogP contribution in [0.15, 0.2) is 47.8 Å². The number of halogens is 2. The molecule has 1 N–H and O–H groups in total. The molecule has 0 aliphatic heterocycles. The predicted molar refractivity (Wildman–Crippen MR) is 107 cm³/mol. The summed E-state index contributed by atoms with van der Waals surface area (Å²) in [4.78, 5) is 16.4. The van der Waals surface area contributed by atoms with Crippen molar-refractivity contribution >= 4 is 45.6 Å². The van der Waals surface area contributed by atoms with Gasteiger partial charge in [0.15, 0.2) is 11.7 Å². The van der Waals surface area contributed by atoms with E-state index in [1.807, 2.05) is 0 Å². The topological polar surface area (TPSA) is 75.0 Å². The van der Waals surface area contributed by atoms with Crippen LogP contribution in [0.1, 0.15) is 5.56 Å². The Morgan fingerprint density at radius 2 is 2.00 bits per heavy atom. The number of hydrogen-bond acceptors (Lipinski definition) is 5. The Hall–Kier alpha value is -2.59. The number of carbonyl (C=O) groups excluding carboxylic acids is 1. The van der Waals surface area contributed by atoms with Crippen LogP contribution in [-0.2, 0) is 11.2 Å². The van der Waals surface area contributed by atoms with Gasteiger partial charge in [-0.3, -0.25) is 10.1 Å². The number of hydrogen-bond donors (Lipinski definition) is 1. The maximum absolute atomic E-state index is 12.1. The van der Waals surface area contributed by atoms with E-state index in [1.165, 1.54) is 11.3 Å². The van der Waals surface area contributed by atoms with Crippen molar-refractivity contribution in [1.29, 1.82) is 5.26 Å². The Bertz CT molecular complexity index is 997. The van der Waals surface area contributed by atoms with Gasteiger partial charge in [-0.1, -0.05) is 35.3 Å². The van der Waals surface area contributed by atoms with Crippen molar-refractivity contribution in [1.82, 2.24) is 4.98 Å². The van der Waals surface area contributed by atoms with Gasteiger partial charge in [-0.15, -0.1) is 11.3 Å². The molecule has 0 atom stereocenters. The second-order valence-electron chi connectivity index (χ2n) is 5.48. The summed E-state index contributed by atoms with van der Waals surface area (Å²) in [6, 6.07) is 14.3. The summed E-state index contributed by atoms with van der Waals surface area (Å²) < 4.78 is 5.44. The fraction of sp³-hybridized carbons (Fsp3) is 0.105. The summed E-state index contributed by atoms with van der Waals surface area (Å²) >= 11 is 13.4. The number of amides is 1. The first kappa shape index (κ1) is 19.2. The number of nitriles is 1. The van der Waals surface area contributed by atoms with E-state index in [0.717, 1.165) is 11.1 Å². The molecule has 3 rings (SSSR count). The first-order valence-electron chi connectivity index (χ1n) is 7.84. The van der Waals surface area contributed by atoms with E-state index < -0.39 is 0 Å². The number of aromatic nitrogens is 1. The third-order valence-corrected chi connectivity index (χ3v) is 4.84. The first-order valence-corrected chi connectivity index (χ1v) is 9.48. The minimum absolute atomic E-state index is 0.145. The third kappa shape index (κ3) is 5.20. The molecule has 27 heavy (non-hydrogen) atoms. The molecule has 0 saturated carbocycles. The molecule has 136 valence electrons. The second-order valence-corrected chi connectivity index (χ2v) is 7.18. The number of ether oxygens (including phenoxy) is 1. The van der Waals surface area contributed by atoms with Crippen molar-refractivity contribution in [2.45, 2.75) is 6.42 Å². The first-order chi connectivity index (χ1) is 13.0. The van der Waals surface area contributed by atoms with Gasteiger partial charge in [0, 0.05) is 16.0 Å². The Morgan fingerprint density at radius 1 is 1.22 bits per heavy atom. The van der Waals surface area contributed by atoms with E-state index in [1.54, 1.807) is 47.8 Å². The van der Waals surface area contributed by atoms with Gasteiger partial charge >= 0.3 is 0 Å². The normalized spacial score (nSPS) is 10.3. The average Bonchev–Trinajstić information content (AvgIpc) is 3.09. The summed E-state index contributed by atoms with van der Waals surface area (Å²) in [7, 11) is 0. The van der Waals surface area contributed by atoms with E-state index in [-0.39, 0.29) is 12.5 Å². The number of nitrogens with zero attached hydrogens (tertiary/aromatic N) is 2. The highest BCUT2D eigenvalue weighted by Crippen LogP contribution is 2.32. The van der Waals surface area contributed by atoms with Crippen molar-refractivity contribution in [3.05, 3.63) is 63.5 Å². The van der Waals surface area contributed by atoms with Gasteiger partial charge in [0.2, 0.25) is 0 Å². The summed E-state index contributed by atoms with van der Waals surface area (Å²) in [6.07, 6.45) is 0.338. The molecule has 0 radical (unpaired) electrons. The van der Waals surface area contributed by atoms with Crippen LogP contribution in [0.2, 0.25) is 10.0 Å². The van der Waals surface area contributed by atoms with Crippen molar-refractivity contribution in [2.24, 2.45) is 0 Å². The van der Waals surface area contributed by atoms with E-state index in [9.17, 15) is 4.79 Å². The molecule has 0 spiro atoms. The zero-order chi connectivity index (χ0) is 19.2. The quantitative estimate of drug-likeness (QED) is 0.597. The van der Waals surface area contributed by atoms with Gasteiger partial charge in [0.25, 0.3) is 5.91 Å². The van der Waals surface area contributed by atoms with Crippen molar-refractivity contribution in [2.75, 3.05) is 11.9 Å². The Labute approximate surface area is 170 Å². The summed E-state index contributed by atoms with van der Waals surface area (Å²) in [6.45, 7) is -0.145. The number of carbonyl (C=O) groups is 1. The lowest BCUT2D eigenvalue weighted by atomic mass is 10.2. The summed E-state index contributed by atoms with van der Waals surface area (Å²) in [5.41, 5.74) is 2.29. The zero-order valence-corrected chi connectivity index (χ0v) is 16.2. The second kappa shape index (κ2) is 8.87. The highest BCUT2D eigenvalue weighted by Gasteiger charge is 2.11. The van der Waals surface area contributed by atoms with Crippen LogP contribution in [0.25, 0.3) is 11.3 Å². The number of thiazole rings is 1. The lowest BCUT2D eigenvalue weighted by molar-refractivity contribution is -0.118. The van der Waals surface area contributed by atoms with Gasteiger partial charge in [0.1, 0.15) is 5.75 Å². The molecule has 0 bridgehead atoms. The van der Waals surface area contributed by atoms with Gasteiger partial charge in [-0.05, 0) is 35.9 Å². The van der Waals surface area contributed by atoms with Crippen LogP contribution >= 0.6 is 34.5 Å². The van der Waals surface area contributed by atoms with E-state index >= 15 is 0 Å². The van der Waals surface area contributed by atoms with Gasteiger partial charge in [0.05, 0.1) is 23.2 Å². The predicted octanol–water partition coefficient (Wildman–Crippen LogP) is 5.20. The van der Waals surface area contributed by atoms with Crippen LogP contribution in [0, 0.1) is 11.3 Å². The molecule has 3 aromatic rings. The van der Waals surface area contributed by atoms with Crippen LogP contribution in [0.3, 0.4) is 0 Å². The van der Waals surface area contributed by atoms with Crippen molar-refractivity contribution < 1.29 is 9.53 Å². The monoisotopic (exact) mass is 417 g/mol. The summed E-state index contributed by atoms with van der Waals surface area (Å²) in [5, 5.41) is 14.6. The fourth-order valence-corrected chi connectivity index (χ4v) is 3.48. The summed E-state index contributed by atoms with van der Waals surface area (Å²) in [5.74, 6) is 0.235. The largest absolute Gasteiger partial charge is 0.484 e. The number of benzene rings is 2. The Balaban J connectivity index is 1.57.